The third-order valence-corrected chi connectivity index (χ3v) is 3.64. The minimum atomic E-state index is 0.350. The van der Waals surface area contributed by atoms with Gasteiger partial charge < -0.3 is 15.4 Å². The van der Waals surface area contributed by atoms with Crippen molar-refractivity contribution < 1.29 is 4.74 Å². The first kappa shape index (κ1) is 13.9. The summed E-state index contributed by atoms with van der Waals surface area (Å²) < 4.78 is 5.24. The van der Waals surface area contributed by atoms with Gasteiger partial charge in [-0.25, -0.2) is 0 Å². The zero-order chi connectivity index (χ0) is 12.0. The highest BCUT2D eigenvalue weighted by atomic mass is 16.5. The highest BCUT2D eigenvalue weighted by Gasteiger charge is 2.20. The summed E-state index contributed by atoms with van der Waals surface area (Å²) in [5, 5.41) is 0. The van der Waals surface area contributed by atoms with E-state index in [1.807, 2.05) is 0 Å². The van der Waals surface area contributed by atoms with Crippen molar-refractivity contribution in [2.24, 2.45) is 17.6 Å². The average Bonchev–Trinajstić information content (AvgIpc) is 2.26. The SMILES string of the molecule is COCC1CCCN(CCC(N)C(C)C)C1. The molecule has 0 aliphatic carbocycles. The smallest absolute Gasteiger partial charge is 0.0502 e. The molecule has 3 nitrogen and oxygen atoms in total. The molecule has 16 heavy (non-hydrogen) atoms. The largest absolute Gasteiger partial charge is 0.384 e. The minimum Gasteiger partial charge on any atom is -0.384 e. The third-order valence-electron chi connectivity index (χ3n) is 3.64. The number of methoxy groups -OCH3 is 1. The van der Waals surface area contributed by atoms with Crippen molar-refractivity contribution in [3.05, 3.63) is 0 Å². The summed E-state index contributed by atoms with van der Waals surface area (Å²) >= 11 is 0. The van der Waals surface area contributed by atoms with Crippen LogP contribution >= 0.6 is 0 Å². The number of ether oxygens (including phenoxy) is 1. The Hall–Kier alpha value is -0.120. The maximum absolute atomic E-state index is 6.08. The molecule has 2 unspecified atom stereocenters. The van der Waals surface area contributed by atoms with Gasteiger partial charge in [0.05, 0.1) is 6.61 Å². The number of hydrogen-bond acceptors (Lipinski definition) is 3. The van der Waals surface area contributed by atoms with Gasteiger partial charge in [0, 0.05) is 19.7 Å². The van der Waals surface area contributed by atoms with Gasteiger partial charge in [0.2, 0.25) is 0 Å². The molecule has 3 heteroatoms. The van der Waals surface area contributed by atoms with E-state index in [9.17, 15) is 0 Å². The maximum Gasteiger partial charge on any atom is 0.0502 e. The van der Waals surface area contributed by atoms with Gasteiger partial charge in [-0.05, 0) is 44.2 Å². The van der Waals surface area contributed by atoms with Crippen LogP contribution < -0.4 is 5.73 Å². The second-order valence-electron chi connectivity index (χ2n) is 5.46. The van der Waals surface area contributed by atoms with Crippen molar-refractivity contribution in [2.75, 3.05) is 33.4 Å². The van der Waals surface area contributed by atoms with E-state index in [1.165, 1.54) is 25.9 Å². The zero-order valence-electron chi connectivity index (χ0n) is 11.1. The fourth-order valence-corrected chi connectivity index (χ4v) is 2.39. The van der Waals surface area contributed by atoms with Crippen LogP contribution in [-0.4, -0.2) is 44.3 Å². The zero-order valence-corrected chi connectivity index (χ0v) is 11.1. The van der Waals surface area contributed by atoms with Crippen LogP contribution in [0.2, 0.25) is 0 Å². The van der Waals surface area contributed by atoms with Crippen molar-refractivity contribution in [1.29, 1.82) is 0 Å². The summed E-state index contributed by atoms with van der Waals surface area (Å²) in [6.45, 7) is 8.90. The summed E-state index contributed by atoms with van der Waals surface area (Å²) in [7, 11) is 1.80. The molecule has 1 saturated heterocycles. The molecule has 2 atom stereocenters. The predicted octanol–water partition coefficient (Wildman–Crippen LogP) is 1.72. The second-order valence-corrected chi connectivity index (χ2v) is 5.46. The summed E-state index contributed by atoms with van der Waals surface area (Å²) in [4.78, 5) is 2.55. The molecule has 0 amide bonds. The van der Waals surface area contributed by atoms with Gasteiger partial charge in [0.25, 0.3) is 0 Å². The molecule has 2 N–H and O–H groups in total. The maximum atomic E-state index is 6.08. The fraction of sp³-hybridized carbons (Fsp3) is 1.00. The molecule has 0 bridgehead atoms. The Morgan fingerprint density at radius 3 is 2.81 bits per heavy atom. The first-order valence-electron chi connectivity index (χ1n) is 6.60. The van der Waals surface area contributed by atoms with Crippen molar-refractivity contribution in [3.8, 4) is 0 Å². The van der Waals surface area contributed by atoms with E-state index >= 15 is 0 Å². The summed E-state index contributed by atoms with van der Waals surface area (Å²) in [6, 6.07) is 0.350. The number of piperidine rings is 1. The van der Waals surface area contributed by atoms with Crippen LogP contribution in [-0.2, 0) is 4.74 Å². The third kappa shape index (κ3) is 4.81. The number of rotatable bonds is 6. The molecule has 0 radical (unpaired) electrons. The molecule has 0 aromatic rings. The molecule has 1 heterocycles. The highest BCUT2D eigenvalue weighted by molar-refractivity contribution is 4.75. The van der Waals surface area contributed by atoms with E-state index in [0.717, 1.165) is 25.5 Å². The fourth-order valence-electron chi connectivity index (χ4n) is 2.39. The Morgan fingerprint density at radius 2 is 2.19 bits per heavy atom. The van der Waals surface area contributed by atoms with E-state index in [1.54, 1.807) is 7.11 Å². The summed E-state index contributed by atoms with van der Waals surface area (Å²) in [6.07, 6.45) is 3.75. The van der Waals surface area contributed by atoms with Crippen LogP contribution in [0.25, 0.3) is 0 Å². The molecule has 0 aromatic heterocycles. The second kappa shape index (κ2) is 7.25. The summed E-state index contributed by atoms with van der Waals surface area (Å²) in [5.41, 5.74) is 6.08. The Morgan fingerprint density at radius 1 is 1.44 bits per heavy atom. The molecule has 1 rings (SSSR count). The number of hydrogen-bond donors (Lipinski definition) is 1. The van der Waals surface area contributed by atoms with Crippen molar-refractivity contribution in [3.63, 3.8) is 0 Å². The van der Waals surface area contributed by atoms with Gasteiger partial charge >= 0.3 is 0 Å². The Labute approximate surface area is 100 Å². The molecule has 0 aromatic carbocycles. The van der Waals surface area contributed by atoms with Crippen LogP contribution in [0.4, 0.5) is 0 Å². The molecule has 1 fully saturated rings. The van der Waals surface area contributed by atoms with Gasteiger partial charge in [-0.15, -0.1) is 0 Å². The molecule has 0 spiro atoms. The van der Waals surface area contributed by atoms with Crippen LogP contribution in [0.1, 0.15) is 33.1 Å². The molecule has 0 saturated carbocycles. The molecule has 96 valence electrons. The van der Waals surface area contributed by atoms with Gasteiger partial charge in [-0.2, -0.15) is 0 Å². The monoisotopic (exact) mass is 228 g/mol. The Bertz CT molecular complexity index is 183. The topological polar surface area (TPSA) is 38.5 Å². The standard InChI is InChI=1S/C13H28N2O/c1-11(2)13(14)6-8-15-7-4-5-12(9-15)10-16-3/h11-13H,4-10,14H2,1-3H3. The molecule has 1 aliphatic heterocycles. The van der Waals surface area contributed by atoms with Crippen molar-refractivity contribution in [1.82, 2.24) is 4.90 Å². The summed E-state index contributed by atoms with van der Waals surface area (Å²) in [5.74, 6) is 1.33. The number of nitrogens with two attached hydrogens (primary N) is 1. The normalized spacial score (nSPS) is 24.9. The Balaban J connectivity index is 2.21. The molecule has 1 aliphatic rings. The van der Waals surface area contributed by atoms with Crippen LogP contribution in [0.15, 0.2) is 0 Å². The lowest BCUT2D eigenvalue weighted by Crippen LogP contribution is -2.40. The van der Waals surface area contributed by atoms with E-state index in [4.69, 9.17) is 10.5 Å². The first-order chi connectivity index (χ1) is 7.63. The highest BCUT2D eigenvalue weighted by Crippen LogP contribution is 2.17. The lowest BCUT2D eigenvalue weighted by molar-refractivity contribution is 0.0885. The van der Waals surface area contributed by atoms with E-state index in [2.05, 4.69) is 18.7 Å². The van der Waals surface area contributed by atoms with Crippen LogP contribution in [0, 0.1) is 11.8 Å². The number of likely N-dealkylation sites (tertiary alicyclic amines) is 1. The molecular weight excluding hydrogens is 200 g/mol. The lowest BCUT2D eigenvalue weighted by Gasteiger charge is -2.33. The van der Waals surface area contributed by atoms with Gasteiger partial charge in [-0.3, -0.25) is 0 Å². The van der Waals surface area contributed by atoms with E-state index in [-0.39, 0.29) is 0 Å². The van der Waals surface area contributed by atoms with Gasteiger partial charge in [-0.1, -0.05) is 13.8 Å². The van der Waals surface area contributed by atoms with E-state index < -0.39 is 0 Å². The molecular formula is C13H28N2O. The van der Waals surface area contributed by atoms with Gasteiger partial charge in [0.15, 0.2) is 0 Å². The van der Waals surface area contributed by atoms with Gasteiger partial charge in [0.1, 0.15) is 0 Å². The van der Waals surface area contributed by atoms with Crippen molar-refractivity contribution >= 4 is 0 Å². The quantitative estimate of drug-likeness (QED) is 0.752. The van der Waals surface area contributed by atoms with Crippen LogP contribution in [0.3, 0.4) is 0 Å². The Kier molecular flexibility index (Phi) is 6.32. The predicted molar refractivity (Wildman–Crippen MR) is 68.5 cm³/mol. The first-order valence-corrected chi connectivity index (χ1v) is 6.60. The average molecular weight is 228 g/mol. The van der Waals surface area contributed by atoms with E-state index in [0.29, 0.717) is 12.0 Å². The lowest BCUT2D eigenvalue weighted by atomic mass is 9.97. The number of nitrogens with zero attached hydrogens (tertiary/aromatic N) is 1. The van der Waals surface area contributed by atoms with Crippen LogP contribution in [0.5, 0.6) is 0 Å². The van der Waals surface area contributed by atoms with Crippen molar-refractivity contribution in [2.45, 2.75) is 39.2 Å². The minimum absolute atomic E-state index is 0.350.